The molecule has 2 aromatic rings. The Hall–Kier alpha value is -2.91. The third-order valence-electron chi connectivity index (χ3n) is 7.26. The maximum absolute atomic E-state index is 13.7. The third-order valence-corrected chi connectivity index (χ3v) is 8.83. The first-order valence-electron chi connectivity index (χ1n) is 13.2. The summed E-state index contributed by atoms with van der Waals surface area (Å²) in [6.45, 7) is 4.90. The second-order valence-corrected chi connectivity index (χ2v) is 11.6. The van der Waals surface area contributed by atoms with Gasteiger partial charge in [-0.3, -0.25) is 9.59 Å². The largest absolute Gasteiger partial charge is 0.466 e. The van der Waals surface area contributed by atoms with Crippen LogP contribution in [0, 0.1) is 11.8 Å². The highest BCUT2D eigenvalue weighted by Gasteiger charge is 2.31. The van der Waals surface area contributed by atoms with Crippen molar-refractivity contribution in [2.24, 2.45) is 11.8 Å². The fraction of sp³-hybridized carbons (Fsp3) is 0.500. The molecule has 4 rings (SSSR count). The molecule has 2 N–H and O–H groups in total. The van der Waals surface area contributed by atoms with Gasteiger partial charge < -0.3 is 15.0 Å². The molecule has 2 aliphatic rings. The molecule has 0 spiro atoms. The van der Waals surface area contributed by atoms with Crippen LogP contribution in [0.4, 0.5) is 11.4 Å². The number of hydrogen-bond donors (Lipinski definition) is 2. The van der Waals surface area contributed by atoms with Crippen molar-refractivity contribution in [1.82, 2.24) is 4.72 Å². The normalized spacial score (nSPS) is 19.4. The third kappa shape index (κ3) is 6.70. The van der Waals surface area contributed by atoms with Gasteiger partial charge in [0.2, 0.25) is 15.9 Å². The highest BCUT2D eigenvalue weighted by molar-refractivity contribution is 7.89. The first-order valence-corrected chi connectivity index (χ1v) is 14.7. The van der Waals surface area contributed by atoms with Crippen molar-refractivity contribution in [3.05, 3.63) is 54.1 Å². The lowest BCUT2D eigenvalue weighted by atomic mass is 9.97. The van der Waals surface area contributed by atoms with Crippen LogP contribution in [0.1, 0.15) is 64.0 Å². The summed E-state index contributed by atoms with van der Waals surface area (Å²) in [6.07, 6.45) is 5.23. The first kappa shape index (κ1) is 27.1. The monoisotopic (exact) mass is 527 g/mol. The van der Waals surface area contributed by atoms with E-state index in [0.717, 1.165) is 37.7 Å². The van der Waals surface area contributed by atoms with E-state index in [1.54, 1.807) is 26.0 Å². The van der Waals surface area contributed by atoms with Crippen molar-refractivity contribution in [1.29, 1.82) is 0 Å². The van der Waals surface area contributed by atoms with Gasteiger partial charge in [0, 0.05) is 30.7 Å². The summed E-state index contributed by atoms with van der Waals surface area (Å²) in [7, 11) is -3.97. The lowest BCUT2D eigenvalue weighted by molar-refractivity contribution is -0.148. The zero-order valence-electron chi connectivity index (χ0n) is 21.6. The van der Waals surface area contributed by atoms with E-state index >= 15 is 0 Å². The number of ether oxygens (including phenoxy) is 1. The molecular formula is C28H37N3O5S. The van der Waals surface area contributed by atoms with Crippen LogP contribution in [0.2, 0.25) is 0 Å². The topological polar surface area (TPSA) is 105 Å². The average molecular weight is 528 g/mol. The van der Waals surface area contributed by atoms with Crippen molar-refractivity contribution in [2.75, 3.05) is 29.9 Å². The molecule has 1 aliphatic heterocycles. The standard InChI is InChI=1S/C28H37N3O5S/c1-3-36-28(33)23-14-9-17-31(19-23)25-16-15-24(29-27(32)22-12-7-8-13-22)18-26(25)37(34,35)30-20(2)21-10-5-4-6-11-21/h4-6,10-11,15-16,18,20,22-23,30H,3,7-9,12-14,17,19H2,1-2H3,(H,29,32)/t20-,23+/m0/s1. The van der Waals surface area contributed by atoms with Gasteiger partial charge in [-0.25, -0.2) is 13.1 Å². The fourth-order valence-corrected chi connectivity index (χ4v) is 6.74. The molecule has 0 unspecified atom stereocenters. The van der Waals surface area contributed by atoms with Crippen LogP contribution in [-0.2, 0) is 24.3 Å². The summed E-state index contributed by atoms with van der Waals surface area (Å²) in [4.78, 5) is 27.2. The number of hydrogen-bond acceptors (Lipinski definition) is 6. The smallest absolute Gasteiger partial charge is 0.310 e. The predicted octanol–water partition coefficient (Wildman–Crippen LogP) is 4.63. The Bertz CT molecular complexity index is 1200. The molecule has 8 nitrogen and oxygen atoms in total. The van der Waals surface area contributed by atoms with Gasteiger partial charge in [0.15, 0.2) is 0 Å². The molecule has 2 fully saturated rings. The Kier molecular flexibility index (Phi) is 8.87. The molecule has 2 atom stereocenters. The number of carbonyl (C=O) groups is 2. The molecule has 37 heavy (non-hydrogen) atoms. The number of carbonyl (C=O) groups excluding carboxylic acids is 2. The van der Waals surface area contributed by atoms with Crippen molar-refractivity contribution in [2.45, 2.75) is 63.3 Å². The summed E-state index contributed by atoms with van der Waals surface area (Å²) >= 11 is 0. The lowest BCUT2D eigenvalue weighted by Gasteiger charge is -2.34. The number of nitrogens with one attached hydrogen (secondary N) is 2. The van der Waals surface area contributed by atoms with E-state index in [0.29, 0.717) is 37.5 Å². The van der Waals surface area contributed by atoms with Crippen LogP contribution in [0.25, 0.3) is 0 Å². The Morgan fingerprint density at radius 1 is 1.03 bits per heavy atom. The van der Waals surface area contributed by atoms with Crippen molar-refractivity contribution in [3.8, 4) is 0 Å². The molecule has 9 heteroatoms. The summed E-state index contributed by atoms with van der Waals surface area (Å²) < 4.78 is 35.5. The SMILES string of the molecule is CCOC(=O)[C@@H]1CCCN(c2ccc(NC(=O)C3CCCC3)cc2S(=O)(=O)N[C@@H](C)c2ccccc2)C1. The van der Waals surface area contributed by atoms with E-state index in [1.165, 1.54) is 6.07 Å². The number of benzene rings is 2. The Morgan fingerprint density at radius 2 is 1.73 bits per heavy atom. The van der Waals surface area contributed by atoms with E-state index < -0.39 is 16.1 Å². The minimum Gasteiger partial charge on any atom is -0.466 e. The minimum atomic E-state index is -3.97. The average Bonchev–Trinajstić information content (AvgIpc) is 3.45. The molecule has 1 saturated heterocycles. The Labute approximate surface area is 219 Å². The Morgan fingerprint density at radius 3 is 2.43 bits per heavy atom. The number of sulfonamides is 1. The van der Waals surface area contributed by atoms with E-state index in [4.69, 9.17) is 4.74 Å². The molecule has 0 aromatic heterocycles. The van der Waals surface area contributed by atoms with Gasteiger partial charge in [-0.2, -0.15) is 0 Å². The van der Waals surface area contributed by atoms with Gasteiger partial charge in [-0.1, -0.05) is 43.2 Å². The molecular weight excluding hydrogens is 490 g/mol. The van der Waals surface area contributed by atoms with Gasteiger partial charge in [-0.05, 0) is 63.3 Å². The quantitative estimate of drug-likeness (QED) is 0.461. The van der Waals surface area contributed by atoms with E-state index in [1.807, 2.05) is 35.2 Å². The van der Waals surface area contributed by atoms with Crippen LogP contribution < -0.4 is 14.9 Å². The van der Waals surface area contributed by atoms with E-state index in [9.17, 15) is 18.0 Å². The van der Waals surface area contributed by atoms with Crippen LogP contribution >= 0.6 is 0 Å². The van der Waals surface area contributed by atoms with Crippen LogP contribution in [0.15, 0.2) is 53.4 Å². The van der Waals surface area contributed by atoms with Crippen LogP contribution in [-0.4, -0.2) is 40.0 Å². The zero-order chi connectivity index (χ0) is 26.4. The number of amides is 1. The van der Waals surface area contributed by atoms with Crippen molar-refractivity contribution in [3.63, 3.8) is 0 Å². The number of piperidine rings is 1. The van der Waals surface area contributed by atoms with Crippen LogP contribution in [0.5, 0.6) is 0 Å². The van der Waals surface area contributed by atoms with Gasteiger partial charge >= 0.3 is 5.97 Å². The summed E-state index contributed by atoms with van der Waals surface area (Å²) in [5, 5.41) is 2.93. The first-order chi connectivity index (χ1) is 17.8. The number of nitrogens with zero attached hydrogens (tertiary/aromatic N) is 1. The number of esters is 1. The maximum atomic E-state index is 13.7. The summed E-state index contributed by atoms with van der Waals surface area (Å²) in [5.41, 5.74) is 1.81. The van der Waals surface area contributed by atoms with Gasteiger partial charge in [0.25, 0.3) is 0 Å². The summed E-state index contributed by atoms with van der Waals surface area (Å²) in [6, 6.07) is 13.9. The Balaban J connectivity index is 1.64. The van der Waals surface area contributed by atoms with Crippen LogP contribution in [0.3, 0.4) is 0 Å². The molecule has 2 aromatic carbocycles. The highest BCUT2D eigenvalue weighted by Crippen LogP contribution is 2.34. The molecule has 1 amide bonds. The molecule has 1 heterocycles. The molecule has 1 saturated carbocycles. The molecule has 0 radical (unpaired) electrons. The lowest BCUT2D eigenvalue weighted by Crippen LogP contribution is -2.40. The second-order valence-electron chi connectivity index (χ2n) is 9.94. The number of anilines is 2. The molecule has 200 valence electrons. The van der Waals surface area contributed by atoms with E-state index in [-0.39, 0.29) is 28.6 Å². The minimum absolute atomic E-state index is 0.0385. The van der Waals surface area contributed by atoms with Gasteiger partial charge in [-0.15, -0.1) is 0 Å². The predicted molar refractivity (Wildman–Crippen MR) is 144 cm³/mol. The molecule has 1 aliphatic carbocycles. The van der Waals surface area contributed by atoms with Gasteiger partial charge in [0.05, 0.1) is 18.2 Å². The second kappa shape index (κ2) is 12.1. The summed E-state index contributed by atoms with van der Waals surface area (Å²) in [5.74, 6) is -0.682. The zero-order valence-corrected chi connectivity index (χ0v) is 22.4. The fourth-order valence-electron chi connectivity index (χ4n) is 5.26. The highest BCUT2D eigenvalue weighted by atomic mass is 32.2. The van der Waals surface area contributed by atoms with Crippen molar-refractivity contribution < 1.29 is 22.7 Å². The molecule has 0 bridgehead atoms. The van der Waals surface area contributed by atoms with Crippen molar-refractivity contribution >= 4 is 33.3 Å². The maximum Gasteiger partial charge on any atom is 0.310 e. The van der Waals surface area contributed by atoms with Gasteiger partial charge in [0.1, 0.15) is 4.90 Å². The van der Waals surface area contributed by atoms with E-state index in [2.05, 4.69) is 10.0 Å². The number of rotatable bonds is 9.